The van der Waals surface area contributed by atoms with Gasteiger partial charge in [0.05, 0.1) is 6.10 Å². The smallest absolute Gasteiger partial charge is 0.126 e. The molecule has 4 heteroatoms. The minimum Gasteiger partial charge on any atom is -0.378 e. The highest BCUT2D eigenvalue weighted by molar-refractivity contribution is 5.20. The lowest BCUT2D eigenvalue weighted by Gasteiger charge is -2.30. The van der Waals surface area contributed by atoms with Crippen molar-refractivity contribution < 1.29 is 13.5 Å². The van der Waals surface area contributed by atoms with Gasteiger partial charge in [-0.1, -0.05) is 0 Å². The van der Waals surface area contributed by atoms with E-state index in [0.29, 0.717) is 25.1 Å². The molecule has 0 bridgehead atoms. The molecule has 0 radical (unpaired) electrons. The summed E-state index contributed by atoms with van der Waals surface area (Å²) in [6.07, 6.45) is 1.42. The Kier molecular flexibility index (Phi) is 3.45. The zero-order chi connectivity index (χ0) is 12.5. The van der Waals surface area contributed by atoms with E-state index in [1.165, 1.54) is 12.1 Å². The predicted octanol–water partition coefficient (Wildman–Crippen LogP) is 2.26. The number of hydrogen-bond acceptors (Lipinski definition) is 2. The maximum atomic E-state index is 13.1. The van der Waals surface area contributed by atoms with Crippen LogP contribution in [0.5, 0.6) is 0 Å². The number of nitrogens with two attached hydrogens (primary N) is 1. The van der Waals surface area contributed by atoms with Crippen molar-refractivity contribution >= 4 is 0 Å². The molecule has 1 aromatic carbocycles. The fourth-order valence-electron chi connectivity index (χ4n) is 2.51. The lowest BCUT2D eigenvalue weighted by atomic mass is 9.76. The Labute approximate surface area is 99.8 Å². The van der Waals surface area contributed by atoms with Crippen LogP contribution in [0.4, 0.5) is 8.78 Å². The molecule has 1 aromatic rings. The van der Waals surface area contributed by atoms with E-state index in [4.69, 9.17) is 10.5 Å². The summed E-state index contributed by atoms with van der Waals surface area (Å²) in [6.45, 7) is 3.10. The van der Waals surface area contributed by atoms with Gasteiger partial charge in [0.25, 0.3) is 0 Å². The highest BCUT2D eigenvalue weighted by atomic mass is 19.1. The van der Waals surface area contributed by atoms with Crippen molar-refractivity contribution in [3.8, 4) is 0 Å². The van der Waals surface area contributed by atoms with Gasteiger partial charge in [-0.15, -0.1) is 0 Å². The summed E-state index contributed by atoms with van der Waals surface area (Å²) in [5.74, 6) is -1.09. The lowest BCUT2D eigenvalue weighted by Crippen LogP contribution is -2.38. The van der Waals surface area contributed by atoms with E-state index in [-0.39, 0.29) is 11.5 Å². The molecule has 0 saturated carbocycles. The second-order valence-corrected chi connectivity index (χ2v) is 4.78. The van der Waals surface area contributed by atoms with Gasteiger partial charge >= 0.3 is 0 Å². The van der Waals surface area contributed by atoms with Gasteiger partial charge in [0.1, 0.15) is 11.6 Å². The monoisotopic (exact) mass is 241 g/mol. The van der Waals surface area contributed by atoms with Crippen LogP contribution in [0.25, 0.3) is 0 Å². The highest BCUT2D eigenvalue weighted by Crippen LogP contribution is 2.37. The summed E-state index contributed by atoms with van der Waals surface area (Å²) in [5.41, 5.74) is 6.27. The second kappa shape index (κ2) is 4.70. The van der Waals surface area contributed by atoms with Crippen LogP contribution in [0, 0.1) is 17.0 Å². The number of ether oxygens (including phenoxy) is 1. The summed E-state index contributed by atoms with van der Waals surface area (Å²) < 4.78 is 31.8. The number of benzene rings is 1. The molecule has 0 aromatic heterocycles. The molecular weight excluding hydrogens is 224 g/mol. The molecular formula is C13H17F2NO. The quantitative estimate of drug-likeness (QED) is 0.881. The number of halogens is 2. The fourth-order valence-corrected chi connectivity index (χ4v) is 2.51. The number of hydrogen-bond donors (Lipinski definition) is 1. The predicted molar refractivity (Wildman–Crippen MR) is 61.6 cm³/mol. The second-order valence-electron chi connectivity index (χ2n) is 4.78. The van der Waals surface area contributed by atoms with Crippen LogP contribution < -0.4 is 5.73 Å². The Bertz CT molecular complexity index is 390. The van der Waals surface area contributed by atoms with Gasteiger partial charge in [-0.2, -0.15) is 0 Å². The fraction of sp³-hybridized carbons (Fsp3) is 0.538. The van der Waals surface area contributed by atoms with Gasteiger partial charge in [-0.25, -0.2) is 8.78 Å². The lowest BCUT2D eigenvalue weighted by molar-refractivity contribution is 0.0673. The molecule has 2 atom stereocenters. The molecule has 2 unspecified atom stereocenters. The summed E-state index contributed by atoms with van der Waals surface area (Å²) >= 11 is 0. The van der Waals surface area contributed by atoms with E-state index >= 15 is 0 Å². The van der Waals surface area contributed by atoms with Crippen LogP contribution in [0.1, 0.15) is 18.9 Å². The van der Waals surface area contributed by atoms with Crippen molar-refractivity contribution in [3.05, 3.63) is 35.4 Å². The van der Waals surface area contributed by atoms with E-state index in [0.717, 1.165) is 12.5 Å². The molecule has 0 amide bonds. The maximum absolute atomic E-state index is 13.1. The molecule has 1 heterocycles. The van der Waals surface area contributed by atoms with Gasteiger partial charge in [-0.3, -0.25) is 0 Å². The van der Waals surface area contributed by atoms with E-state index in [2.05, 4.69) is 0 Å². The van der Waals surface area contributed by atoms with Gasteiger partial charge in [0, 0.05) is 24.6 Å². The zero-order valence-corrected chi connectivity index (χ0v) is 9.88. The minimum absolute atomic E-state index is 0.0267. The third kappa shape index (κ3) is 2.48. The highest BCUT2D eigenvalue weighted by Gasteiger charge is 2.40. The molecule has 2 N–H and O–H groups in total. The molecule has 94 valence electrons. The average Bonchev–Trinajstić information content (AvgIpc) is 2.59. The Balaban J connectivity index is 2.24. The van der Waals surface area contributed by atoms with E-state index in [1.807, 2.05) is 6.92 Å². The summed E-state index contributed by atoms with van der Waals surface area (Å²) in [6, 6.07) is 3.62. The summed E-state index contributed by atoms with van der Waals surface area (Å²) in [4.78, 5) is 0. The molecule has 1 aliphatic rings. The first-order chi connectivity index (χ1) is 8.05. The first-order valence-electron chi connectivity index (χ1n) is 5.82. The molecule has 1 saturated heterocycles. The van der Waals surface area contributed by atoms with Crippen molar-refractivity contribution in [1.82, 2.24) is 0 Å². The van der Waals surface area contributed by atoms with Gasteiger partial charge in [-0.05, 0) is 37.5 Å². The van der Waals surface area contributed by atoms with E-state index < -0.39 is 11.6 Å². The summed E-state index contributed by atoms with van der Waals surface area (Å²) in [5, 5.41) is 0. The van der Waals surface area contributed by atoms with Crippen LogP contribution in [-0.4, -0.2) is 19.3 Å². The van der Waals surface area contributed by atoms with E-state index in [9.17, 15) is 8.78 Å². The van der Waals surface area contributed by atoms with E-state index in [1.54, 1.807) is 0 Å². The standard InChI is InChI=1S/C13H17F2NO/c1-9-13(8-16,2-3-17-9)7-10-4-11(14)6-12(15)5-10/h4-6,9H,2-3,7-8,16H2,1H3. The molecule has 0 aliphatic carbocycles. The van der Waals surface area contributed by atoms with Crippen LogP contribution >= 0.6 is 0 Å². The molecule has 2 nitrogen and oxygen atoms in total. The number of rotatable bonds is 3. The minimum atomic E-state index is -0.543. The Morgan fingerprint density at radius 1 is 1.35 bits per heavy atom. The molecule has 0 spiro atoms. The molecule has 1 aliphatic heterocycles. The Morgan fingerprint density at radius 2 is 2.00 bits per heavy atom. The Hall–Kier alpha value is -1.00. The van der Waals surface area contributed by atoms with Crippen molar-refractivity contribution in [2.45, 2.75) is 25.9 Å². The summed E-state index contributed by atoms with van der Waals surface area (Å²) in [7, 11) is 0. The van der Waals surface area contributed by atoms with Crippen molar-refractivity contribution in [2.75, 3.05) is 13.2 Å². The molecule has 17 heavy (non-hydrogen) atoms. The van der Waals surface area contributed by atoms with Crippen LogP contribution in [-0.2, 0) is 11.2 Å². The molecule has 1 fully saturated rings. The third-order valence-corrected chi connectivity index (χ3v) is 3.72. The maximum Gasteiger partial charge on any atom is 0.126 e. The van der Waals surface area contributed by atoms with Crippen LogP contribution in [0.15, 0.2) is 18.2 Å². The normalized spacial score (nSPS) is 28.6. The van der Waals surface area contributed by atoms with Gasteiger partial charge in [0.2, 0.25) is 0 Å². The third-order valence-electron chi connectivity index (χ3n) is 3.72. The first-order valence-corrected chi connectivity index (χ1v) is 5.82. The van der Waals surface area contributed by atoms with Gasteiger partial charge in [0.15, 0.2) is 0 Å². The van der Waals surface area contributed by atoms with Crippen molar-refractivity contribution in [3.63, 3.8) is 0 Å². The zero-order valence-electron chi connectivity index (χ0n) is 9.88. The SMILES string of the molecule is CC1OCCC1(CN)Cc1cc(F)cc(F)c1. The van der Waals surface area contributed by atoms with Gasteiger partial charge < -0.3 is 10.5 Å². The Morgan fingerprint density at radius 3 is 2.47 bits per heavy atom. The van der Waals surface area contributed by atoms with Crippen molar-refractivity contribution in [1.29, 1.82) is 0 Å². The first kappa shape index (κ1) is 12.5. The topological polar surface area (TPSA) is 35.2 Å². The average molecular weight is 241 g/mol. The molecule has 2 rings (SSSR count). The van der Waals surface area contributed by atoms with Crippen LogP contribution in [0.2, 0.25) is 0 Å². The van der Waals surface area contributed by atoms with Crippen LogP contribution in [0.3, 0.4) is 0 Å². The van der Waals surface area contributed by atoms with Crippen molar-refractivity contribution in [2.24, 2.45) is 11.1 Å². The largest absolute Gasteiger partial charge is 0.378 e.